The van der Waals surface area contributed by atoms with Crippen molar-refractivity contribution < 1.29 is 14.3 Å². The highest BCUT2D eigenvalue weighted by atomic mass is 16.6. The fourth-order valence-electron chi connectivity index (χ4n) is 5.34. The Balaban J connectivity index is 1.32. The average molecular weight is 464 g/mol. The maximum absolute atomic E-state index is 13.1. The summed E-state index contributed by atoms with van der Waals surface area (Å²) in [6, 6.07) is 19.4. The molecule has 3 saturated heterocycles. The summed E-state index contributed by atoms with van der Waals surface area (Å²) in [5.41, 5.74) is 0.872. The topological polar surface area (TPSA) is 68.4 Å². The van der Waals surface area contributed by atoms with Crippen molar-refractivity contribution in [2.24, 2.45) is 0 Å². The maximum Gasteiger partial charge on any atom is 0.411 e. The third-order valence-corrected chi connectivity index (χ3v) is 7.33. The van der Waals surface area contributed by atoms with Gasteiger partial charge < -0.3 is 19.9 Å². The van der Waals surface area contributed by atoms with Crippen LogP contribution in [0.15, 0.2) is 60.7 Å². The van der Waals surface area contributed by atoms with Crippen LogP contribution in [0.5, 0.6) is 0 Å². The fraction of sp³-hybridized carbons (Fsp3) is 0.462. The third-order valence-electron chi connectivity index (χ3n) is 7.33. The molecule has 3 aliphatic heterocycles. The van der Waals surface area contributed by atoms with E-state index >= 15 is 0 Å². The van der Waals surface area contributed by atoms with Crippen LogP contribution in [-0.4, -0.2) is 104 Å². The SMILES string of the molecule is CN1CCN(CCNC(=O)N2CCN3C(=O)OC(c4ccccc4)(c4ccccc4)C3C2)CC1. The third kappa shape index (κ3) is 4.23. The number of carbonyl (C=O) groups excluding carboxylic acids is 2. The largest absolute Gasteiger partial charge is 0.431 e. The second-order valence-corrected chi connectivity index (χ2v) is 9.37. The van der Waals surface area contributed by atoms with Crippen LogP contribution in [0.3, 0.4) is 0 Å². The minimum absolute atomic E-state index is 0.0804. The van der Waals surface area contributed by atoms with Gasteiger partial charge >= 0.3 is 12.1 Å². The number of hydrogen-bond acceptors (Lipinski definition) is 5. The second-order valence-electron chi connectivity index (χ2n) is 9.37. The zero-order chi connectivity index (χ0) is 23.5. The molecule has 3 amide bonds. The molecule has 34 heavy (non-hydrogen) atoms. The van der Waals surface area contributed by atoms with Crippen LogP contribution in [0.25, 0.3) is 0 Å². The first-order valence-electron chi connectivity index (χ1n) is 12.1. The molecule has 2 aromatic carbocycles. The van der Waals surface area contributed by atoms with Gasteiger partial charge in [0.1, 0.15) is 6.04 Å². The van der Waals surface area contributed by atoms with E-state index < -0.39 is 5.60 Å². The Morgan fingerprint density at radius 3 is 2.18 bits per heavy atom. The Morgan fingerprint density at radius 1 is 0.941 bits per heavy atom. The van der Waals surface area contributed by atoms with E-state index in [1.54, 1.807) is 4.90 Å². The molecular formula is C26H33N5O3. The van der Waals surface area contributed by atoms with Crippen LogP contribution < -0.4 is 5.32 Å². The van der Waals surface area contributed by atoms with E-state index in [0.717, 1.165) is 43.9 Å². The van der Waals surface area contributed by atoms with E-state index in [0.29, 0.717) is 26.2 Å². The van der Waals surface area contributed by atoms with Crippen LogP contribution in [0.4, 0.5) is 9.59 Å². The van der Waals surface area contributed by atoms with Gasteiger partial charge in [0.2, 0.25) is 0 Å². The number of ether oxygens (including phenoxy) is 1. The minimum atomic E-state index is -0.960. The first kappa shape index (κ1) is 22.7. The number of amides is 3. The summed E-state index contributed by atoms with van der Waals surface area (Å²) >= 11 is 0. The number of nitrogens with zero attached hydrogens (tertiary/aromatic N) is 4. The van der Waals surface area contributed by atoms with E-state index in [4.69, 9.17) is 4.74 Å². The highest BCUT2D eigenvalue weighted by Crippen LogP contribution is 2.45. The van der Waals surface area contributed by atoms with Crippen molar-refractivity contribution in [3.63, 3.8) is 0 Å². The Bertz CT molecular complexity index is 955. The number of piperazine rings is 2. The summed E-state index contributed by atoms with van der Waals surface area (Å²) < 4.78 is 6.18. The molecule has 0 radical (unpaired) electrons. The molecule has 180 valence electrons. The van der Waals surface area contributed by atoms with Crippen LogP contribution in [-0.2, 0) is 10.3 Å². The highest BCUT2D eigenvalue weighted by molar-refractivity contribution is 5.77. The average Bonchev–Trinajstić information content (AvgIpc) is 3.19. The van der Waals surface area contributed by atoms with Gasteiger partial charge in [0.15, 0.2) is 5.60 Å². The van der Waals surface area contributed by atoms with Crippen molar-refractivity contribution in [2.45, 2.75) is 11.6 Å². The molecule has 3 fully saturated rings. The van der Waals surface area contributed by atoms with E-state index in [1.165, 1.54) is 0 Å². The lowest BCUT2D eigenvalue weighted by Gasteiger charge is -2.42. The molecule has 0 spiro atoms. The van der Waals surface area contributed by atoms with Crippen LogP contribution in [0, 0.1) is 0 Å². The van der Waals surface area contributed by atoms with Gasteiger partial charge in [-0.1, -0.05) is 60.7 Å². The number of nitrogens with one attached hydrogen (secondary N) is 1. The molecule has 1 atom stereocenters. The van der Waals surface area contributed by atoms with Crippen molar-refractivity contribution in [3.8, 4) is 0 Å². The Kier molecular flexibility index (Phi) is 6.43. The number of cyclic esters (lactones) is 1. The van der Waals surface area contributed by atoms with Crippen molar-refractivity contribution in [2.75, 3.05) is 66.0 Å². The van der Waals surface area contributed by atoms with Gasteiger partial charge in [-0.3, -0.25) is 9.80 Å². The summed E-state index contributed by atoms with van der Waals surface area (Å²) in [4.78, 5) is 34.4. The van der Waals surface area contributed by atoms with Crippen LogP contribution in [0.1, 0.15) is 11.1 Å². The van der Waals surface area contributed by atoms with Crippen LogP contribution in [0.2, 0.25) is 0 Å². The quantitative estimate of drug-likeness (QED) is 0.735. The van der Waals surface area contributed by atoms with E-state index in [9.17, 15) is 9.59 Å². The van der Waals surface area contributed by atoms with E-state index in [1.807, 2.05) is 65.6 Å². The Hall–Kier alpha value is -3.10. The van der Waals surface area contributed by atoms with Gasteiger partial charge in [-0.25, -0.2) is 9.59 Å². The van der Waals surface area contributed by atoms with E-state index in [-0.39, 0.29) is 18.2 Å². The molecule has 5 rings (SSSR count). The predicted octanol–water partition coefficient (Wildman–Crippen LogP) is 2.02. The lowest BCUT2D eigenvalue weighted by atomic mass is 9.79. The number of rotatable bonds is 5. The summed E-state index contributed by atoms with van der Waals surface area (Å²) in [5.74, 6) is 0. The number of likely N-dealkylation sites (N-methyl/N-ethyl adjacent to an activating group) is 1. The lowest BCUT2D eigenvalue weighted by Crippen LogP contribution is -2.60. The predicted molar refractivity (Wildman–Crippen MR) is 130 cm³/mol. The van der Waals surface area contributed by atoms with Crippen LogP contribution >= 0.6 is 0 Å². The molecule has 3 aliphatic rings. The van der Waals surface area contributed by atoms with Gasteiger partial charge in [0, 0.05) is 70.0 Å². The van der Waals surface area contributed by atoms with Gasteiger partial charge in [0.25, 0.3) is 0 Å². The summed E-state index contributed by atoms with van der Waals surface area (Å²) in [6.07, 6.45) is -0.326. The minimum Gasteiger partial charge on any atom is -0.431 e. The molecule has 0 saturated carbocycles. The monoisotopic (exact) mass is 463 g/mol. The molecular weight excluding hydrogens is 430 g/mol. The molecule has 1 unspecified atom stereocenters. The molecule has 8 heteroatoms. The number of hydrogen-bond donors (Lipinski definition) is 1. The first-order valence-corrected chi connectivity index (χ1v) is 12.1. The van der Waals surface area contributed by atoms with Gasteiger partial charge in [-0.2, -0.15) is 0 Å². The molecule has 0 aromatic heterocycles. The molecule has 1 N–H and O–H groups in total. The molecule has 2 aromatic rings. The maximum atomic E-state index is 13.1. The Labute approximate surface area is 201 Å². The summed E-state index contributed by atoms with van der Waals surface area (Å²) in [7, 11) is 2.14. The van der Waals surface area contributed by atoms with Gasteiger partial charge in [-0.05, 0) is 7.05 Å². The molecule has 3 heterocycles. The zero-order valence-electron chi connectivity index (χ0n) is 19.7. The van der Waals surface area contributed by atoms with E-state index in [2.05, 4.69) is 22.2 Å². The normalized spacial score (nSPS) is 22.9. The summed E-state index contributed by atoms with van der Waals surface area (Å²) in [6.45, 7) is 7.01. The Morgan fingerprint density at radius 2 is 1.56 bits per heavy atom. The number of carbonyl (C=O) groups is 2. The number of benzene rings is 2. The van der Waals surface area contributed by atoms with Gasteiger partial charge in [0.05, 0.1) is 0 Å². The van der Waals surface area contributed by atoms with Gasteiger partial charge in [-0.15, -0.1) is 0 Å². The number of urea groups is 1. The summed E-state index contributed by atoms with van der Waals surface area (Å²) in [5, 5.41) is 3.10. The van der Waals surface area contributed by atoms with Crippen molar-refractivity contribution in [1.82, 2.24) is 24.9 Å². The van der Waals surface area contributed by atoms with Crippen molar-refractivity contribution in [3.05, 3.63) is 71.8 Å². The zero-order valence-corrected chi connectivity index (χ0v) is 19.7. The molecule has 0 bridgehead atoms. The standard InChI is InChI=1S/C26H33N5O3/c1-28-14-16-29(17-15-28)13-12-27-24(32)30-18-19-31-23(20-30)26(34-25(31)33,21-8-4-2-5-9-21)22-10-6-3-7-11-22/h2-11,23H,12-20H2,1H3,(H,27,32). The van der Waals surface area contributed by atoms with Crippen molar-refractivity contribution in [1.29, 1.82) is 0 Å². The smallest absolute Gasteiger partial charge is 0.411 e. The first-order chi connectivity index (χ1) is 16.6. The molecule has 0 aliphatic carbocycles. The lowest BCUT2D eigenvalue weighted by molar-refractivity contribution is 0.0511. The molecule has 8 nitrogen and oxygen atoms in total. The fourth-order valence-corrected chi connectivity index (χ4v) is 5.34. The highest BCUT2D eigenvalue weighted by Gasteiger charge is 2.58. The van der Waals surface area contributed by atoms with Crippen molar-refractivity contribution >= 4 is 12.1 Å². The number of fused-ring (bicyclic) bond motifs is 1. The second kappa shape index (κ2) is 9.64.